The third-order valence-electron chi connectivity index (χ3n) is 5.62. The zero-order valence-corrected chi connectivity index (χ0v) is 16.2. The number of hydrogen-bond acceptors (Lipinski definition) is 5. The van der Waals surface area contributed by atoms with Crippen molar-refractivity contribution < 1.29 is 0 Å². The number of nitriles is 1. The van der Waals surface area contributed by atoms with Gasteiger partial charge in [0.25, 0.3) is 0 Å². The standard InChI is InChI=1S/C21H26N6/c1-15-12-20(23-14-16(2)26-10-8-25(3)9-11-26)27-19-7-5-4-6-18(19)24-21(27)17(15)13-22/h4-7,12,16,23H,8-11,14H2,1-3H3. The largest absolute Gasteiger partial charge is 0.370 e. The molecule has 1 unspecified atom stereocenters. The molecular formula is C21H26N6. The Bertz CT molecular complexity index is 1010. The van der Waals surface area contributed by atoms with Gasteiger partial charge >= 0.3 is 0 Å². The minimum atomic E-state index is 0.444. The van der Waals surface area contributed by atoms with Crippen LogP contribution >= 0.6 is 0 Å². The molecule has 1 atom stereocenters. The Balaban J connectivity index is 1.66. The number of pyridine rings is 1. The number of nitrogens with one attached hydrogen (secondary N) is 1. The van der Waals surface area contributed by atoms with Gasteiger partial charge in [-0.3, -0.25) is 9.30 Å². The molecule has 3 heterocycles. The van der Waals surface area contributed by atoms with E-state index in [0.29, 0.717) is 11.6 Å². The number of aryl methyl sites for hydroxylation is 1. The van der Waals surface area contributed by atoms with E-state index in [-0.39, 0.29) is 0 Å². The molecule has 0 saturated carbocycles. The second kappa shape index (κ2) is 7.18. The molecule has 27 heavy (non-hydrogen) atoms. The first-order valence-corrected chi connectivity index (χ1v) is 9.56. The summed E-state index contributed by atoms with van der Waals surface area (Å²) in [5.74, 6) is 0.996. The first kappa shape index (κ1) is 17.8. The molecule has 0 radical (unpaired) electrons. The van der Waals surface area contributed by atoms with E-state index in [2.05, 4.69) is 51.7 Å². The van der Waals surface area contributed by atoms with Crippen molar-refractivity contribution in [3.63, 3.8) is 0 Å². The maximum absolute atomic E-state index is 9.61. The average Bonchev–Trinajstić information content (AvgIpc) is 3.06. The number of benzene rings is 1. The number of likely N-dealkylation sites (N-methyl/N-ethyl adjacent to an activating group) is 1. The molecule has 1 aromatic carbocycles. The van der Waals surface area contributed by atoms with Crippen LogP contribution in [0.1, 0.15) is 18.1 Å². The Kier molecular flexibility index (Phi) is 4.73. The molecule has 1 aliphatic heterocycles. The Morgan fingerprint density at radius 2 is 1.96 bits per heavy atom. The van der Waals surface area contributed by atoms with Gasteiger partial charge < -0.3 is 10.2 Å². The fraction of sp³-hybridized carbons (Fsp3) is 0.429. The van der Waals surface area contributed by atoms with Crippen LogP contribution < -0.4 is 5.32 Å². The minimum absolute atomic E-state index is 0.444. The van der Waals surface area contributed by atoms with Crippen molar-refractivity contribution in [1.82, 2.24) is 19.2 Å². The molecule has 0 spiro atoms. The summed E-state index contributed by atoms with van der Waals surface area (Å²) in [5.41, 5.74) is 4.26. The van der Waals surface area contributed by atoms with Crippen LogP contribution in [0.2, 0.25) is 0 Å². The topological polar surface area (TPSA) is 59.6 Å². The molecule has 6 nitrogen and oxygen atoms in total. The molecule has 1 fully saturated rings. The average molecular weight is 362 g/mol. The van der Waals surface area contributed by atoms with Crippen LogP contribution in [-0.4, -0.2) is 65.0 Å². The Morgan fingerprint density at radius 3 is 2.70 bits per heavy atom. The number of aromatic nitrogens is 2. The SMILES string of the molecule is Cc1cc(NCC(C)N2CCN(C)CC2)n2c(nc3ccccc32)c1C#N. The molecule has 0 bridgehead atoms. The van der Waals surface area contributed by atoms with E-state index in [1.54, 1.807) is 0 Å². The quantitative estimate of drug-likeness (QED) is 0.773. The highest BCUT2D eigenvalue weighted by Gasteiger charge is 2.20. The van der Waals surface area contributed by atoms with Gasteiger partial charge in [0.2, 0.25) is 0 Å². The lowest BCUT2D eigenvalue weighted by molar-refractivity contribution is 0.123. The molecule has 0 amide bonds. The van der Waals surface area contributed by atoms with Gasteiger partial charge in [0, 0.05) is 38.8 Å². The maximum atomic E-state index is 9.61. The van der Waals surface area contributed by atoms with E-state index in [0.717, 1.165) is 60.8 Å². The normalized spacial score (nSPS) is 17.3. The Labute approximate surface area is 160 Å². The number of piperazine rings is 1. The highest BCUT2D eigenvalue weighted by molar-refractivity contribution is 5.85. The predicted octanol–water partition coefficient (Wildman–Crippen LogP) is 2.72. The van der Waals surface area contributed by atoms with Crippen LogP contribution in [0.4, 0.5) is 5.82 Å². The zero-order chi connectivity index (χ0) is 19.0. The van der Waals surface area contributed by atoms with Gasteiger partial charge in [-0.25, -0.2) is 4.98 Å². The van der Waals surface area contributed by atoms with Gasteiger partial charge in [0.1, 0.15) is 11.9 Å². The number of fused-ring (bicyclic) bond motifs is 3. The van der Waals surface area contributed by atoms with Crippen molar-refractivity contribution in [3.05, 3.63) is 41.5 Å². The van der Waals surface area contributed by atoms with Crippen LogP contribution in [0.3, 0.4) is 0 Å². The summed E-state index contributed by atoms with van der Waals surface area (Å²) in [6.45, 7) is 9.57. The molecule has 6 heteroatoms. The fourth-order valence-electron chi connectivity index (χ4n) is 3.87. The van der Waals surface area contributed by atoms with Crippen LogP contribution in [0, 0.1) is 18.3 Å². The van der Waals surface area contributed by atoms with E-state index in [9.17, 15) is 5.26 Å². The van der Waals surface area contributed by atoms with Crippen LogP contribution in [-0.2, 0) is 0 Å². The molecule has 1 aliphatic rings. The molecule has 2 aromatic heterocycles. The monoisotopic (exact) mass is 362 g/mol. The van der Waals surface area contributed by atoms with Crippen molar-refractivity contribution in [1.29, 1.82) is 5.26 Å². The van der Waals surface area contributed by atoms with Gasteiger partial charge in [-0.05, 0) is 44.7 Å². The van der Waals surface area contributed by atoms with Gasteiger partial charge in [-0.1, -0.05) is 12.1 Å². The maximum Gasteiger partial charge on any atom is 0.157 e. The van der Waals surface area contributed by atoms with Crippen molar-refractivity contribution in [2.45, 2.75) is 19.9 Å². The lowest BCUT2D eigenvalue weighted by atomic mass is 10.1. The van der Waals surface area contributed by atoms with Crippen LogP contribution in [0.5, 0.6) is 0 Å². The van der Waals surface area contributed by atoms with E-state index < -0.39 is 0 Å². The van der Waals surface area contributed by atoms with Crippen molar-refractivity contribution in [3.8, 4) is 6.07 Å². The smallest absolute Gasteiger partial charge is 0.157 e. The number of nitrogens with zero attached hydrogens (tertiary/aromatic N) is 5. The predicted molar refractivity (Wildman–Crippen MR) is 109 cm³/mol. The highest BCUT2D eigenvalue weighted by Crippen LogP contribution is 2.26. The molecule has 4 rings (SSSR count). The van der Waals surface area contributed by atoms with Gasteiger partial charge in [0.15, 0.2) is 5.65 Å². The molecule has 1 saturated heterocycles. The second-order valence-corrected chi connectivity index (χ2v) is 7.53. The number of para-hydroxylation sites is 2. The Morgan fingerprint density at radius 1 is 1.22 bits per heavy atom. The summed E-state index contributed by atoms with van der Waals surface area (Å²) in [6.07, 6.45) is 0. The number of rotatable bonds is 4. The number of anilines is 1. The number of hydrogen-bond donors (Lipinski definition) is 1. The summed E-state index contributed by atoms with van der Waals surface area (Å²) in [7, 11) is 2.18. The summed E-state index contributed by atoms with van der Waals surface area (Å²) in [6, 6.07) is 12.9. The molecule has 3 aromatic rings. The fourth-order valence-corrected chi connectivity index (χ4v) is 3.87. The summed E-state index contributed by atoms with van der Waals surface area (Å²) >= 11 is 0. The summed E-state index contributed by atoms with van der Waals surface area (Å²) in [4.78, 5) is 9.63. The second-order valence-electron chi connectivity index (χ2n) is 7.53. The van der Waals surface area contributed by atoms with E-state index in [1.165, 1.54) is 0 Å². The first-order chi connectivity index (χ1) is 13.1. The van der Waals surface area contributed by atoms with Gasteiger partial charge in [-0.2, -0.15) is 5.26 Å². The van der Waals surface area contributed by atoms with Gasteiger partial charge in [0.05, 0.1) is 16.6 Å². The van der Waals surface area contributed by atoms with Crippen molar-refractivity contribution in [2.75, 3.05) is 45.1 Å². The minimum Gasteiger partial charge on any atom is -0.370 e. The third kappa shape index (κ3) is 3.25. The van der Waals surface area contributed by atoms with E-state index in [1.807, 2.05) is 25.1 Å². The molecule has 0 aliphatic carbocycles. The van der Waals surface area contributed by atoms with Crippen LogP contribution in [0.25, 0.3) is 16.7 Å². The third-order valence-corrected chi connectivity index (χ3v) is 5.62. The lowest BCUT2D eigenvalue weighted by Crippen LogP contribution is -2.49. The van der Waals surface area contributed by atoms with Crippen LogP contribution in [0.15, 0.2) is 30.3 Å². The number of imidazole rings is 1. The van der Waals surface area contributed by atoms with Crippen molar-refractivity contribution in [2.24, 2.45) is 0 Å². The summed E-state index contributed by atoms with van der Waals surface area (Å²) < 4.78 is 2.08. The molecule has 140 valence electrons. The first-order valence-electron chi connectivity index (χ1n) is 9.56. The zero-order valence-electron chi connectivity index (χ0n) is 16.2. The van der Waals surface area contributed by atoms with Gasteiger partial charge in [-0.15, -0.1) is 0 Å². The molecule has 1 N–H and O–H groups in total. The lowest BCUT2D eigenvalue weighted by Gasteiger charge is -2.36. The highest BCUT2D eigenvalue weighted by atomic mass is 15.3. The Hall–Kier alpha value is -2.62. The van der Waals surface area contributed by atoms with Crippen molar-refractivity contribution >= 4 is 22.5 Å². The van der Waals surface area contributed by atoms with E-state index >= 15 is 0 Å². The summed E-state index contributed by atoms with van der Waals surface area (Å²) in [5, 5.41) is 13.2. The van der Waals surface area contributed by atoms with E-state index in [4.69, 9.17) is 4.98 Å². The molecular weight excluding hydrogens is 336 g/mol.